The Kier molecular flexibility index (Phi) is 4.18. The number of morpholine rings is 1. The third-order valence-electron chi connectivity index (χ3n) is 2.69. The zero-order valence-corrected chi connectivity index (χ0v) is 10.7. The number of urea groups is 1. The highest BCUT2D eigenvalue weighted by Crippen LogP contribution is 2.27. The Balaban J connectivity index is 2.08. The minimum absolute atomic E-state index is 0.0365. The standard InChI is InChI=1S/C11H12ClN3O4/c12-9-2-1-8(7-10(9)15(17)18)13-11(16)14-3-5-19-6-4-14/h1-2,7H,3-6H2,(H,13,16). The number of carbonyl (C=O) groups is 1. The zero-order valence-electron chi connectivity index (χ0n) is 9.97. The molecule has 102 valence electrons. The van der Waals surface area contributed by atoms with Crippen LogP contribution < -0.4 is 5.32 Å². The van der Waals surface area contributed by atoms with Crippen molar-refractivity contribution in [2.45, 2.75) is 0 Å². The molecule has 0 spiro atoms. The molecule has 2 rings (SSSR count). The Bertz CT molecular complexity index is 503. The molecule has 0 aromatic heterocycles. The SMILES string of the molecule is O=C(Nc1ccc(Cl)c([N+](=O)[O-])c1)N1CCOCC1. The molecule has 0 saturated carbocycles. The number of halogens is 1. The van der Waals surface area contributed by atoms with Crippen LogP contribution in [0.5, 0.6) is 0 Å². The van der Waals surface area contributed by atoms with Gasteiger partial charge in [-0.25, -0.2) is 4.79 Å². The summed E-state index contributed by atoms with van der Waals surface area (Å²) in [5.74, 6) is 0. The maximum Gasteiger partial charge on any atom is 0.322 e. The molecule has 0 atom stereocenters. The van der Waals surface area contributed by atoms with Crippen LogP contribution in [0.15, 0.2) is 18.2 Å². The third kappa shape index (κ3) is 3.33. The molecule has 1 aromatic rings. The maximum atomic E-state index is 11.9. The molecule has 19 heavy (non-hydrogen) atoms. The van der Waals surface area contributed by atoms with E-state index < -0.39 is 4.92 Å². The van der Waals surface area contributed by atoms with Crippen molar-refractivity contribution in [1.29, 1.82) is 0 Å². The molecule has 0 aliphatic carbocycles. The summed E-state index contributed by atoms with van der Waals surface area (Å²) in [6.45, 7) is 1.99. The predicted octanol–water partition coefficient (Wildman–Crippen LogP) is 2.11. The van der Waals surface area contributed by atoms with Crippen LogP contribution in [0, 0.1) is 10.1 Å². The van der Waals surface area contributed by atoms with E-state index in [9.17, 15) is 14.9 Å². The minimum atomic E-state index is -0.591. The Hall–Kier alpha value is -1.86. The van der Waals surface area contributed by atoms with Gasteiger partial charge in [0.15, 0.2) is 0 Å². The van der Waals surface area contributed by atoms with Crippen LogP contribution in [-0.2, 0) is 4.74 Å². The Labute approximate surface area is 114 Å². The van der Waals surface area contributed by atoms with E-state index in [1.165, 1.54) is 18.2 Å². The lowest BCUT2D eigenvalue weighted by Gasteiger charge is -2.26. The number of hydrogen-bond acceptors (Lipinski definition) is 4. The van der Waals surface area contributed by atoms with Crippen molar-refractivity contribution in [2.24, 2.45) is 0 Å². The monoisotopic (exact) mass is 285 g/mol. The molecule has 1 saturated heterocycles. The van der Waals surface area contributed by atoms with Gasteiger partial charge in [0.2, 0.25) is 0 Å². The van der Waals surface area contributed by atoms with Gasteiger partial charge in [0.25, 0.3) is 5.69 Å². The smallest absolute Gasteiger partial charge is 0.322 e. The number of nitro benzene ring substituents is 1. The number of hydrogen-bond donors (Lipinski definition) is 1. The highest BCUT2D eigenvalue weighted by Gasteiger charge is 2.18. The van der Waals surface area contributed by atoms with E-state index in [2.05, 4.69) is 5.32 Å². The number of rotatable bonds is 2. The molecular weight excluding hydrogens is 274 g/mol. The van der Waals surface area contributed by atoms with Crippen molar-refractivity contribution in [3.63, 3.8) is 0 Å². The van der Waals surface area contributed by atoms with Gasteiger partial charge in [0, 0.05) is 24.8 Å². The average molecular weight is 286 g/mol. The molecule has 1 fully saturated rings. The lowest BCUT2D eigenvalue weighted by Crippen LogP contribution is -2.43. The van der Waals surface area contributed by atoms with Gasteiger partial charge >= 0.3 is 6.03 Å². The number of benzene rings is 1. The summed E-state index contributed by atoms with van der Waals surface area (Å²) in [5.41, 5.74) is 0.106. The van der Waals surface area contributed by atoms with Crippen molar-refractivity contribution in [1.82, 2.24) is 4.90 Å². The van der Waals surface area contributed by atoms with Crippen molar-refractivity contribution >= 4 is 29.0 Å². The summed E-state index contributed by atoms with van der Waals surface area (Å²) in [7, 11) is 0. The van der Waals surface area contributed by atoms with E-state index in [0.717, 1.165) is 0 Å². The average Bonchev–Trinajstić information content (AvgIpc) is 2.41. The molecule has 0 radical (unpaired) electrons. The lowest BCUT2D eigenvalue weighted by atomic mass is 10.3. The molecule has 1 aromatic carbocycles. The fourth-order valence-electron chi connectivity index (χ4n) is 1.70. The Morgan fingerprint density at radius 1 is 1.42 bits per heavy atom. The topological polar surface area (TPSA) is 84.7 Å². The first-order valence-electron chi connectivity index (χ1n) is 5.65. The van der Waals surface area contributed by atoms with Crippen LogP contribution in [0.2, 0.25) is 5.02 Å². The second kappa shape index (κ2) is 5.85. The quantitative estimate of drug-likeness (QED) is 0.666. The normalized spacial score (nSPS) is 15.1. The summed E-state index contributed by atoms with van der Waals surface area (Å²) >= 11 is 5.70. The van der Waals surface area contributed by atoms with Crippen molar-refractivity contribution < 1.29 is 14.5 Å². The van der Waals surface area contributed by atoms with Gasteiger partial charge in [0.05, 0.1) is 18.1 Å². The van der Waals surface area contributed by atoms with Crippen LogP contribution >= 0.6 is 11.6 Å². The summed E-state index contributed by atoms with van der Waals surface area (Å²) in [6.07, 6.45) is 0. The number of amides is 2. The fourth-order valence-corrected chi connectivity index (χ4v) is 1.89. The van der Waals surface area contributed by atoms with Gasteiger partial charge in [-0.15, -0.1) is 0 Å². The molecule has 1 aliphatic heterocycles. The first-order chi connectivity index (χ1) is 9.08. The van der Waals surface area contributed by atoms with Crippen LogP contribution in [0.4, 0.5) is 16.2 Å². The maximum absolute atomic E-state index is 11.9. The predicted molar refractivity (Wildman–Crippen MR) is 69.5 cm³/mol. The van der Waals surface area contributed by atoms with Gasteiger partial charge in [0.1, 0.15) is 5.02 Å². The Morgan fingerprint density at radius 2 is 2.11 bits per heavy atom. The molecule has 0 unspecified atom stereocenters. The number of nitro groups is 1. The van der Waals surface area contributed by atoms with E-state index in [1.54, 1.807) is 4.90 Å². The molecular formula is C11H12ClN3O4. The molecule has 2 amide bonds. The van der Waals surface area contributed by atoms with Crippen LogP contribution in [-0.4, -0.2) is 42.2 Å². The van der Waals surface area contributed by atoms with Crippen molar-refractivity contribution in [3.8, 4) is 0 Å². The lowest BCUT2D eigenvalue weighted by molar-refractivity contribution is -0.384. The van der Waals surface area contributed by atoms with Crippen molar-refractivity contribution in [2.75, 3.05) is 31.6 Å². The number of ether oxygens (including phenoxy) is 1. The summed E-state index contributed by atoms with van der Waals surface area (Å²) in [6, 6.07) is 3.84. The van der Waals surface area contributed by atoms with Gasteiger partial charge in [-0.1, -0.05) is 11.6 Å². The van der Waals surface area contributed by atoms with E-state index in [-0.39, 0.29) is 16.7 Å². The van der Waals surface area contributed by atoms with Gasteiger partial charge in [-0.3, -0.25) is 10.1 Å². The molecule has 8 heteroatoms. The molecule has 0 bridgehead atoms. The number of nitrogens with zero attached hydrogens (tertiary/aromatic N) is 2. The third-order valence-corrected chi connectivity index (χ3v) is 3.01. The second-order valence-corrected chi connectivity index (χ2v) is 4.36. The molecule has 1 aliphatic rings. The first-order valence-corrected chi connectivity index (χ1v) is 6.03. The van der Waals surface area contributed by atoms with Gasteiger partial charge in [-0.05, 0) is 12.1 Å². The van der Waals surface area contributed by atoms with Crippen LogP contribution in [0.25, 0.3) is 0 Å². The number of carbonyl (C=O) groups excluding carboxylic acids is 1. The molecule has 7 nitrogen and oxygen atoms in total. The zero-order chi connectivity index (χ0) is 13.8. The van der Waals surface area contributed by atoms with Crippen LogP contribution in [0.1, 0.15) is 0 Å². The van der Waals surface area contributed by atoms with Crippen LogP contribution in [0.3, 0.4) is 0 Å². The first kappa shape index (κ1) is 13.6. The highest BCUT2D eigenvalue weighted by molar-refractivity contribution is 6.32. The van der Waals surface area contributed by atoms with E-state index in [4.69, 9.17) is 16.3 Å². The summed E-state index contributed by atoms with van der Waals surface area (Å²) in [4.78, 5) is 23.6. The summed E-state index contributed by atoms with van der Waals surface area (Å²) in [5, 5.41) is 13.4. The summed E-state index contributed by atoms with van der Waals surface area (Å²) < 4.78 is 5.14. The number of nitrogens with one attached hydrogen (secondary N) is 1. The minimum Gasteiger partial charge on any atom is -0.378 e. The molecule has 1 N–H and O–H groups in total. The number of anilines is 1. The van der Waals surface area contributed by atoms with Gasteiger partial charge in [-0.2, -0.15) is 0 Å². The largest absolute Gasteiger partial charge is 0.378 e. The van der Waals surface area contributed by atoms with E-state index in [0.29, 0.717) is 32.0 Å². The fraction of sp³-hybridized carbons (Fsp3) is 0.364. The highest BCUT2D eigenvalue weighted by atomic mass is 35.5. The Morgan fingerprint density at radius 3 is 2.74 bits per heavy atom. The second-order valence-electron chi connectivity index (χ2n) is 3.95. The van der Waals surface area contributed by atoms with E-state index >= 15 is 0 Å². The van der Waals surface area contributed by atoms with E-state index in [1.807, 2.05) is 0 Å². The van der Waals surface area contributed by atoms with Crippen molar-refractivity contribution in [3.05, 3.63) is 33.3 Å². The molecule has 1 heterocycles. The van der Waals surface area contributed by atoms with Gasteiger partial charge < -0.3 is 15.0 Å².